The number of carboxylic acid groups (broad SMARTS) is 2. The number of H-pyrrole nitrogens is 1. The molecule has 8 N–H and O–H groups in total. The predicted octanol–water partition coefficient (Wildman–Crippen LogP) is 1.54. The van der Waals surface area contributed by atoms with Gasteiger partial charge in [-0.05, 0) is 29.2 Å². The summed E-state index contributed by atoms with van der Waals surface area (Å²) in [5, 5.41) is 27.5. The maximum atomic E-state index is 13.7. The number of aromatic nitrogens is 1. The number of aromatic amines is 1. The summed E-state index contributed by atoms with van der Waals surface area (Å²) in [5.74, 6) is -5.17. The number of amides is 3. The SMILES string of the molecule is NC(Cc1ccccc1)C(=O)NC(Cc1c[nH]c2ccccc12)C(=O)NC(CC(=O)O)C(=O)NC(Cc1ccccc1)C(=O)O. The van der Waals surface area contributed by atoms with Crippen LogP contribution in [-0.4, -0.2) is 69.0 Å². The van der Waals surface area contributed by atoms with Gasteiger partial charge in [0.25, 0.3) is 0 Å². The van der Waals surface area contributed by atoms with Gasteiger partial charge in [0.15, 0.2) is 0 Å². The van der Waals surface area contributed by atoms with Gasteiger partial charge in [-0.15, -0.1) is 0 Å². The Bertz CT molecular complexity index is 1640. The van der Waals surface area contributed by atoms with Crippen LogP contribution in [0.1, 0.15) is 23.1 Å². The Balaban J connectivity index is 1.54. The molecule has 1 aromatic heterocycles. The molecule has 0 saturated carbocycles. The van der Waals surface area contributed by atoms with Crippen LogP contribution in [-0.2, 0) is 43.2 Å². The van der Waals surface area contributed by atoms with E-state index in [-0.39, 0.29) is 19.3 Å². The number of nitrogens with one attached hydrogen (secondary N) is 4. The highest BCUT2D eigenvalue weighted by Gasteiger charge is 2.32. The minimum absolute atomic E-state index is 0.00713. The van der Waals surface area contributed by atoms with Crippen molar-refractivity contribution in [3.8, 4) is 0 Å². The van der Waals surface area contributed by atoms with E-state index in [1.165, 1.54) is 0 Å². The summed E-state index contributed by atoms with van der Waals surface area (Å²) in [7, 11) is 0. The Morgan fingerprint density at radius 2 is 1.18 bits per heavy atom. The molecule has 0 aliphatic carbocycles. The molecule has 0 aliphatic heterocycles. The zero-order valence-electron chi connectivity index (χ0n) is 24.3. The molecule has 4 unspecified atom stereocenters. The number of nitrogens with two attached hydrogens (primary N) is 1. The molecule has 12 heteroatoms. The van der Waals surface area contributed by atoms with Crippen molar-refractivity contribution in [3.05, 3.63) is 108 Å². The quantitative estimate of drug-likeness (QED) is 0.105. The first-order valence-corrected chi connectivity index (χ1v) is 14.3. The average Bonchev–Trinajstić information content (AvgIpc) is 3.43. The van der Waals surface area contributed by atoms with Gasteiger partial charge < -0.3 is 36.9 Å². The second kappa shape index (κ2) is 15.3. The summed E-state index contributed by atoms with van der Waals surface area (Å²) in [6, 6.07) is 19.8. The van der Waals surface area contributed by atoms with E-state index >= 15 is 0 Å². The zero-order valence-corrected chi connectivity index (χ0v) is 24.3. The van der Waals surface area contributed by atoms with Crippen LogP contribution >= 0.6 is 0 Å². The lowest BCUT2D eigenvalue weighted by molar-refractivity contribution is -0.143. The lowest BCUT2D eigenvalue weighted by atomic mass is 10.0. The highest BCUT2D eigenvalue weighted by atomic mass is 16.4. The number of rotatable bonds is 15. The number of benzene rings is 3. The van der Waals surface area contributed by atoms with Crippen molar-refractivity contribution in [2.24, 2.45) is 5.73 Å². The topological polar surface area (TPSA) is 204 Å². The first kappa shape index (κ1) is 32.4. The lowest BCUT2D eigenvalue weighted by Gasteiger charge is -2.25. The van der Waals surface area contributed by atoms with E-state index < -0.39 is 60.2 Å². The molecule has 1 heterocycles. The van der Waals surface area contributed by atoms with Crippen molar-refractivity contribution in [2.75, 3.05) is 0 Å². The maximum Gasteiger partial charge on any atom is 0.326 e. The fraction of sp³-hybridized carbons (Fsp3) is 0.242. The number of aliphatic carboxylic acids is 2. The molecule has 12 nitrogen and oxygen atoms in total. The van der Waals surface area contributed by atoms with Crippen molar-refractivity contribution in [3.63, 3.8) is 0 Å². The van der Waals surface area contributed by atoms with Gasteiger partial charge in [0, 0.05) is 29.9 Å². The molecule has 4 aromatic rings. The molecule has 234 valence electrons. The van der Waals surface area contributed by atoms with Crippen molar-refractivity contribution in [1.29, 1.82) is 0 Å². The summed E-state index contributed by atoms with van der Waals surface area (Å²) in [6.07, 6.45) is 1.01. The summed E-state index contributed by atoms with van der Waals surface area (Å²) < 4.78 is 0. The van der Waals surface area contributed by atoms with Gasteiger partial charge in [-0.2, -0.15) is 0 Å². The molecule has 3 amide bonds. The molecule has 4 rings (SSSR count). The van der Waals surface area contributed by atoms with Gasteiger partial charge >= 0.3 is 11.9 Å². The molecule has 0 bridgehead atoms. The second-order valence-electron chi connectivity index (χ2n) is 10.7. The van der Waals surface area contributed by atoms with E-state index in [1.54, 1.807) is 36.5 Å². The first-order chi connectivity index (χ1) is 21.6. The number of hydrogen-bond acceptors (Lipinski definition) is 6. The van der Waals surface area contributed by atoms with E-state index in [0.29, 0.717) is 11.1 Å². The fourth-order valence-corrected chi connectivity index (χ4v) is 4.95. The third-order valence-electron chi connectivity index (χ3n) is 7.28. The van der Waals surface area contributed by atoms with Gasteiger partial charge in [0.05, 0.1) is 12.5 Å². The van der Waals surface area contributed by atoms with E-state index in [9.17, 15) is 34.2 Å². The number of carbonyl (C=O) groups is 5. The Labute approximate surface area is 259 Å². The van der Waals surface area contributed by atoms with E-state index in [0.717, 1.165) is 16.5 Å². The van der Waals surface area contributed by atoms with E-state index in [4.69, 9.17) is 5.73 Å². The van der Waals surface area contributed by atoms with Crippen LogP contribution in [0.15, 0.2) is 91.1 Å². The summed E-state index contributed by atoms with van der Waals surface area (Å²) >= 11 is 0. The molecule has 0 saturated heterocycles. The molecular weight excluding hydrogens is 578 g/mol. The van der Waals surface area contributed by atoms with Crippen LogP contribution in [0.25, 0.3) is 10.9 Å². The summed E-state index contributed by atoms with van der Waals surface area (Å²) in [5.41, 5.74) is 9.13. The lowest BCUT2D eigenvalue weighted by Crippen LogP contribution is -2.58. The smallest absolute Gasteiger partial charge is 0.326 e. The minimum atomic E-state index is -1.63. The summed E-state index contributed by atoms with van der Waals surface area (Å²) in [6.45, 7) is 0. The van der Waals surface area contributed by atoms with E-state index in [1.807, 2.05) is 54.6 Å². The van der Waals surface area contributed by atoms with Crippen molar-refractivity contribution in [1.82, 2.24) is 20.9 Å². The van der Waals surface area contributed by atoms with Gasteiger partial charge in [0.2, 0.25) is 17.7 Å². The van der Waals surface area contributed by atoms with Gasteiger partial charge in [0.1, 0.15) is 18.1 Å². The van der Waals surface area contributed by atoms with Crippen LogP contribution < -0.4 is 21.7 Å². The third-order valence-corrected chi connectivity index (χ3v) is 7.28. The van der Waals surface area contributed by atoms with Gasteiger partial charge in [-0.1, -0.05) is 78.9 Å². The standard InChI is InChI=1S/C33H35N5O7/c34-24(15-20-9-3-1-4-10-20)30(41)36-26(17-22-19-35-25-14-8-7-13-23(22)25)31(42)37-27(18-29(39)40)32(43)38-28(33(44)45)16-21-11-5-2-6-12-21/h1-14,19,24,26-28,35H,15-18,34H2,(H,36,41)(H,37,42)(H,38,43)(H,39,40)(H,44,45). The van der Waals surface area contributed by atoms with Crippen LogP contribution in [0.4, 0.5) is 0 Å². The third kappa shape index (κ3) is 9.25. The molecular formula is C33H35N5O7. The van der Waals surface area contributed by atoms with Crippen molar-refractivity contribution < 1.29 is 34.2 Å². The Morgan fingerprint density at radius 3 is 1.80 bits per heavy atom. The number of para-hydroxylation sites is 1. The van der Waals surface area contributed by atoms with Gasteiger partial charge in [-0.25, -0.2) is 4.79 Å². The van der Waals surface area contributed by atoms with Crippen LogP contribution in [0.2, 0.25) is 0 Å². The molecule has 0 aliphatic rings. The second-order valence-corrected chi connectivity index (χ2v) is 10.7. The molecule has 0 radical (unpaired) electrons. The average molecular weight is 614 g/mol. The maximum absolute atomic E-state index is 13.7. The predicted molar refractivity (Wildman–Crippen MR) is 166 cm³/mol. The van der Waals surface area contributed by atoms with E-state index in [2.05, 4.69) is 20.9 Å². The summed E-state index contributed by atoms with van der Waals surface area (Å²) in [4.78, 5) is 66.8. The molecule has 4 atom stereocenters. The van der Waals surface area contributed by atoms with Crippen LogP contribution in [0.5, 0.6) is 0 Å². The highest BCUT2D eigenvalue weighted by molar-refractivity contribution is 5.96. The zero-order chi connectivity index (χ0) is 32.3. The van der Waals surface area contributed by atoms with Crippen molar-refractivity contribution >= 4 is 40.6 Å². The number of fused-ring (bicyclic) bond motifs is 1. The normalized spacial score (nSPS) is 13.6. The fourth-order valence-electron chi connectivity index (χ4n) is 4.95. The number of carbonyl (C=O) groups excluding carboxylic acids is 3. The van der Waals surface area contributed by atoms with Crippen LogP contribution in [0.3, 0.4) is 0 Å². The Morgan fingerprint density at radius 1 is 0.644 bits per heavy atom. The molecule has 3 aromatic carbocycles. The largest absolute Gasteiger partial charge is 0.481 e. The minimum Gasteiger partial charge on any atom is -0.481 e. The Hall–Kier alpha value is -5.49. The highest BCUT2D eigenvalue weighted by Crippen LogP contribution is 2.19. The van der Waals surface area contributed by atoms with Crippen LogP contribution in [0, 0.1) is 0 Å². The van der Waals surface area contributed by atoms with Gasteiger partial charge in [-0.3, -0.25) is 19.2 Å². The molecule has 0 fully saturated rings. The Kier molecular flexibility index (Phi) is 11.0. The van der Waals surface area contributed by atoms with Crippen molar-refractivity contribution in [2.45, 2.75) is 49.9 Å². The monoisotopic (exact) mass is 613 g/mol. The molecule has 45 heavy (non-hydrogen) atoms. The molecule has 0 spiro atoms. The number of carboxylic acids is 2. The number of hydrogen-bond donors (Lipinski definition) is 7. The first-order valence-electron chi connectivity index (χ1n) is 14.3.